The van der Waals surface area contributed by atoms with Crippen LogP contribution in [0.3, 0.4) is 0 Å². The van der Waals surface area contributed by atoms with Crippen molar-refractivity contribution in [3.63, 3.8) is 0 Å². The summed E-state index contributed by atoms with van der Waals surface area (Å²) in [6.45, 7) is 8.39. The lowest BCUT2D eigenvalue weighted by atomic mass is 10.0. The molecule has 1 spiro atoms. The maximum Gasteiger partial charge on any atom is 0.175 e. The van der Waals surface area contributed by atoms with E-state index in [9.17, 15) is 12.6 Å². The molecule has 28 heavy (non-hydrogen) atoms. The van der Waals surface area contributed by atoms with Crippen LogP contribution in [0.1, 0.15) is 39.5 Å². The van der Waals surface area contributed by atoms with E-state index in [-0.39, 0.29) is 4.90 Å². The second-order valence-corrected chi connectivity index (χ2v) is 11.1. The predicted octanol–water partition coefficient (Wildman–Crippen LogP) is 2.67. The van der Waals surface area contributed by atoms with Gasteiger partial charge in [0.15, 0.2) is 9.84 Å². The molecule has 2 aliphatic heterocycles. The molecule has 1 atom stereocenters. The van der Waals surface area contributed by atoms with E-state index in [1.54, 1.807) is 12.1 Å². The number of benzene rings is 1. The van der Waals surface area contributed by atoms with Crippen LogP contribution in [-0.4, -0.2) is 66.6 Å². The number of hydrogen-bond acceptors (Lipinski definition) is 5. The number of ether oxygens (including phenoxy) is 1. The van der Waals surface area contributed by atoms with Gasteiger partial charge in [0.2, 0.25) is 0 Å². The minimum absolute atomic E-state index is 0.249. The largest absolute Gasteiger partial charge is 0.358 e. The van der Waals surface area contributed by atoms with Crippen molar-refractivity contribution in [3.8, 4) is 0 Å². The Balaban J connectivity index is 0.00000109. The van der Waals surface area contributed by atoms with Crippen molar-refractivity contribution in [3.05, 3.63) is 24.3 Å². The van der Waals surface area contributed by atoms with Crippen LogP contribution < -0.4 is 0 Å². The molecule has 6 nitrogen and oxygen atoms in total. The van der Waals surface area contributed by atoms with Crippen LogP contribution in [0.4, 0.5) is 0 Å². The summed E-state index contributed by atoms with van der Waals surface area (Å²) in [4.78, 5) is 3.38. The quantitative estimate of drug-likeness (QED) is 0.721. The normalized spacial score (nSPS) is 24.0. The topological polar surface area (TPSA) is 66.9 Å². The van der Waals surface area contributed by atoms with Crippen LogP contribution in [0.2, 0.25) is 0 Å². The van der Waals surface area contributed by atoms with Crippen LogP contribution in [0.5, 0.6) is 0 Å². The van der Waals surface area contributed by atoms with Gasteiger partial charge < -0.3 is 9.64 Å². The highest BCUT2D eigenvalue weighted by Gasteiger charge is 2.47. The van der Waals surface area contributed by atoms with E-state index in [0.717, 1.165) is 31.8 Å². The monoisotopic (exact) mass is 428 g/mol. The standard InChI is InChI=1S/C18H26N2O4S2.C2H6/c1-26(22,23)17-6-4-16(5-7-17)25(21)20-12-13-24-18(20)8-10-19(11-9-18)14-15-2-3-15;1-2/h4-7,15H,2-3,8-14H2,1H3;1-2H3. The van der Waals surface area contributed by atoms with E-state index < -0.39 is 26.5 Å². The minimum atomic E-state index is -3.25. The smallest absolute Gasteiger partial charge is 0.175 e. The Hall–Kier alpha value is -0.800. The van der Waals surface area contributed by atoms with Crippen molar-refractivity contribution in [2.45, 2.75) is 55.0 Å². The van der Waals surface area contributed by atoms with Crippen LogP contribution in [0, 0.1) is 5.92 Å². The van der Waals surface area contributed by atoms with Gasteiger partial charge in [0.1, 0.15) is 16.7 Å². The molecule has 3 aliphatic rings. The SMILES string of the molecule is CC.CS(=O)(=O)c1ccc(S(=O)N2CCOC23CCN(CC2CC2)CC3)cc1. The van der Waals surface area contributed by atoms with Gasteiger partial charge in [-0.05, 0) is 43.0 Å². The van der Waals surface area contributed by atoms with Gasteiger partial charge in [-0.2, -0.15) is 4.31 Å². The fourth-order valence-corrected chi connectivity index (χ4v) is 5.93. The van der Waals surface area contributed by atoms with Gasteiger partial charge in [-0.3, -0.25) is 0 Å². The molecule has 1 aromatic carbocycles. The third kappa shape index (κ3) is 4.84. The zero-order chi connectivity index (χ0) is 20.4. The summed E-state index contributed by atoms with van der Waals surface area (Å²) in [5.74, 6) is 0.882. The molecular weight excluding hydrogens is 396 g/mol. The summed E-state index contributed by atoms with van der Waals surface area (Å²) in [6.07, 6.45) is 5.63. The van der Waals surface area contributed by atoms with Crippen molar-refractivity contribution in [2.75, 3.05) is 39.0 Å². The van der Waals surface area contributed by atoms with E-state index in [0.29, 0.717) is 18.0 Å². The Morgan fingerprint density at radius 1 is 1.11 bits per heavy atom. The van der Waals surface area contributed by atoms with Gasteiger partial charge in [0.05, 0.1) is 16.4 Å². The highest BCUT2D eigenvalue weighted by atomic mass is 32.2. The van der Waals surface area contributed by atoms with Crippen molar-refractivity contribution in [1.82, 2.24) is 9.21 Å². The van der Waals surface area contributed by atoms with E-state index in [2.05, 4.69) is 4.90 Å². The third-order valence-corrected chi connectivity index (χ3v) is 8.34. The molecule has 0 N–H and O–H groups in total. The Morgan fingerprint density at radius 2 is 1.71 bits per heavy atom. The number of hydrogen-bond donors (Lipinski definition) is 0. The lowest BCUT2D eigenvalue weighted by Gasteiger charge is -2.42. The van der Waals surface area contributed by atoms with E-state index in [1.807, 2.05) is 18.2 Å². The van der Waals surface area contributed by atoms with Crippen molar-refractivity contribution in [1.29, 1.82) is 0 Å². The molecule has 1 saturated carbocycles. The first kappa shape index (κ1) is 21.9. The molecule has 0 radical (unpaired) electrons. The second-order valence-electron chi connectivity index (χ2n) is 7.63. The molecule has 0 aromatic heterocycles. The molecule has 0 bridgehead atoms. The van der Waals surface area contributed by atoms with E-state index >= 15 is 0 Å². The average Bonchev–Trinajstić information content (AvgIpc) is 3.43. The van der Waals surface area contributed by atoms with Crippen LogP contribution >= 0.6 is 0 Å². The van der Waals surface area contributed by atoms with Gasteiger partial charge in [-0.15, -0.1) is 0 Å². The van der Waals surface area contributed by atoms with Crippen molar-refractivity contribution < 1.29 is 17.4 Å². The lowest BCUT2D eigenvalue weighted by molar-refractivity contribution is -0.0896. The summed E-state index contributed by atoms with van der Waals surface area (Å²) in [5, 5.41) is 0. The van der Waals surface area contributed by atoms with Gasteiger partial charge in [0, 0.05) is 45.3 Å². The first-order valence-corrected chi connectivity index (χ1v) is 13.2. The van der Waals surface area contributed by atoms with Gasteiger partial charge in [-0.25, -0.2) is 12.6 Å². The lowest BCUT2D eigenvalue weighted by Crippen LogP contribution is -2.53. The second kappa shape index (κ2) is 8.92. The molecule has 2 saturated heterocycles. The zero-order valence-electron chi connectivity index (χ0n) is 17.1. The highest BCUT2D eigenvalue weighted by Crippen LogP contribution is 2.38. The summed E-state index contributed by atoms with van der Waals surface area (Å²) in [6, 6.07) is 6.37. The molecule has 158 valence electrons. The fraction of sp³-hybridized carbons (Fsp3) is 0.700. The Labute approximate surface area is 171 Å². The zero-order valence-corrected chi connectivity index (χ0v) is 18.7. The van der Waals surface area contributed by atoms with Gasteiger partial charge in [0.25, 0.3) is 0 Å². The van der Waals surface area contributed by atoms with Crippen molar-refractivity contribution >= 4 is 20.8 Å². The Bertz CT molecular complexity index is 783. The fourth-order valence-electron chi connectivity index (χ4n) is 3.90. The summed E-state index contributed by atoms with van der Waals surface area (Å²) in [5.41, 5.74) is -0.444. The first-order valence-electron chi connectivity index (χ1n) is 10.2. The number of sulfone groups is 1. The Morgan fingerprint density at radius 3 is 2.25 bits per heavy atom. The number of likely N-dealkylation sites (tertiary alicyclic amines) is 1. The third-order valence-electron chi connectivity index (χ3n) is 5.62. The van der Waals surface area contributed by atoms with Gasteiger partial charge in [-0.1, -0.05) is 13.8 Å². The summed E-state index contributed by atoms with van der Waals surface area (Å²) in [7, 11) is -4.59. The molecule has 1 aliphatic carbocycles. The molecule has 1 unspecified atom stereocenters. The Kier molecular flexibility index (Phi) is 6.97. The predicted molar refractivity (Wildman–Crippen MR) is 111 cm³/mol. The summed E-state index contributed by atoms with van der Waals surface area (Å²) >= 11 is 0. The minimum Gasteiger partial charge on any atom is -0.358 e. The highest BCUT2D eigenvalue weighted by molar-refractivity contribution is 7.90. The average molecular weight is 429 g/mol. The number of piperidine rings is 1. The van der Waals surface area contributed by atoms with Crippen LogP contribution in [-0.2, 0) is 25.6 Å². The summed E-state index contributed by atoms with van der Waals surface area (Å²) < 4.78 is 44.4. The van der Waals surface area contributed by atoms with Crippen LogP contribution in [0.15, 0.2) is 34.1 Å². The molecule has 1 aromatic rings. The molecule has 0 amide bonds. The van der Waals surface area contributed by atoms with E-state index in [4.69, 9.17) is 4.74 Å². The van der Waals surface area contributed by atoms with E-state index in [1.165, 1.54) is 37.8 Å². The molecule has 2 heterocycles. The molecule has 8 heteroatoms. The van der Waals surface area contributed by atoms with Gasteiger partial charge >= 0.3 is 0 Å². The maximum absolute atomic E-state index is 13.1. The number of rotatable bonds is 5. The molecular formula is C20H32N2O4S2. The molecule has 4 rings (SSSR count). The van der Waals surface area contributed by atoms with Crippen molar-refractivity contribution in [2.24, 2.45) is 5.92 Å². The number of nitrogens with zero attached hydrogens (tertiary/aromatic N) is 2. The molecule has 3 fully saturated rings. The van der Waals surface area contributed by atoms with Crippen LogP contribution in [0.25, 0.3) is 0 Å². The maximum atomic E-state index is 13.1. The first-order chi connectivity index (χ1) is 13.4.